The van der Waals surface area contributed by atoms with E-state index in [0.29, 0.717) is 23.9 Å². The van der Waals surface area contributed by atoms with Crippen LogP contribution in [0.5, 0.6) is 5.75 Å². The molecule has 0 unspecified atom stereocenters. The molecule has 1 aromatic rings. The molecule has 0 bridgehead atoms. The van der Waals surface area contributed by atoms with E-state index >= 15 is 0 Å². The van der Waals surface area contributed by atoms with Gasteiger partial charge in [0, 0.05) is 14.1 Å². The van der Waals surface area contributed by atoms with Gasteiger partial charge in [0.1, 0.15) is 12.4 Å². The van der Waals surface area contributed by atoms with Crippen molar-refractivity contribution in [3.05, 3.63) is 29.3 Å². The highest BCUT2D eigenvalue weighted by Gasteiger charge is 1.99. The highest BCUT2D eigenvalue weighted by atomic mass is 127. The molecule has 0 saturated heterocycles. The number of ether oxygens (including phenoxy) is 1. The lowest BCUT2D eigenvalue weighted by Crippen LogP contribution is -2.37. The summed E-state index contributed by atoms with van der Waals surface area (Å²) in [5.74, 6) is 1.44. The number of guanidine groups is 1. The molecule has 0 atom stereocenters. The van der Waals surface area contributed by atoms with Gasteiger partial charge in [0.05, 0.1) is 11.6 Å². The number of para-hydroxylation sites is 1. The Hall–Kier alpha value is -0.690. The Bertz CT molecular complexity index is 360. The first-order chi connectivity index (χ1) is 7.77. The molecule has 0 aliphatic rings. The Balaban J connectivity index is 0.00000256. The average molecular weight is 370 g/mol. The van der Waals surface area contributed by atoms with Crippen LogP contribution in [0, 0.1) is 0 Å². The quantitative estimate of drug-likeness (QED) is 0.370. The van der Waals surface area contributed by atoms with Crippen LogP contribution in [0.4, 0.5) is 0 Å². The zero-order valence-electron chi connectivity index (χ0n) is 9.87. The third-order valence-corrected chi connectivity index (χ3v) is 2.26. The first-order valence-corrected chi connectivity index (χ1v) is 5.41. The molecule has 96 valence electrons. The number of nitrogens with one attached hydrogen (secondary N) is 2. The van der Waals surface area contributed by atoms with E-state index in [1.807, 2.05) is 25.2 Å². The Morgan fingerprint density at radius 2 is 2.12 bits per heavy atom. The van der Waals surface area contributed by atoms with Crippen molar-refractivity contribution in [1.82, 2.24) is 10.6 Å². The second kappa shape index (κ2) is 9.35. The van der Waals surface area contributed by atoms with E-state index in [9.17, 15) is 0 Å². The molecule has 0 amide bonds. The fourth-order valence-electron chi connectivity index (χ4n) is 1.17. The topological polar surface area (TPSA) is 45.7 Å². The molecular formula is C11H17ClIN3O. The molecule has 0 heterocycles. The van der Waals surface area contributed by atoms with Crippen molar-refractivity contribution < 1.29 is 4.74 Å². The Labute approximate surface area is 124 Å². The SMILES string of the molecule is CN=C(NC)NCCOc1ccccc1Cl.I. The molecule has 2 N–H and O–H groups in total. The molecule has 1 aromatic carbocycles. The van der Waals surface area contributed by atoms with Crippen molar-refractivity contribution in [1.29, 1.82) is 0 Å². The van der Waals surface area contributed by atoms with E-state index in [1.54, 1.807) is 13.1 Å². The van der Waals surface area contributed by atoms with E-state index in [0.717, 1.165) is 5.96 Å². The minimum absolute atomic E-state index is 0. The average Bonchev–Trinajstić information content (AvgIpc) is 2.31. The van der Waals surface area contributed by atoms with Gasteiger partial charge in [-0.05, 0) is 12.1 Å². The first kappa shape index (κ1) is 16.3. The Kier molecular flexibility index (Phi) is 8.97. The van der Waals surface area contributed by atoms with Crippen LogP contribution in [-0.2, 0) is 0 Å². The lowest BCUT2D eigenvalue weighted by atomic mass is 10.3. The smallest absolute Gasteiger partial charge is 0.190 e. The molecule has 0 saturated carbocycles. The molecule has 17 heavy (non-hydrogen) atoms. The highest BCUT2D eigenvalue weighted by Crippen LogP contribution is 2.22. The molecule has 1 rings (SSSR count). The molecule has 0 spiro atoms. The minimum atomic E-state index is 0. The van der Waals surface area contributed by atoms with Crippen molar-refractivity contribution >= 4 is 41.5 Å². The van der Waals surface area contributed by atoms with Crippen LogP contribution in [0.3, 0.4) is 0 Å². The molecule has 0 aliphatic carbocycles. The largest absolute Gasteiger partial charge is 0.490 e. The first-order valence-electron chi connectivity index (χ1n) is 5.03. The second-order valence-corrected chi connectivity index (χ2v) is 3.44. The normalized spacial score (nSPS) is 10.4. The number of hydrogen-bond donors (Lipinski definition) is 2. The maximum atomic E-state index is 5.94. The van der Waals surface area contributed by atoms with Crippen LogP contribution in [0.1, 0.15) is 0 Å². The maximum absolute atomic E-state index is 5.94. The molecule has 6 heteroatoms. The predicted octanol–water partition coefficient (Wildman–Crippen LogP) is 2.13. The van der Waals surface area contributed by atoms with Crippen LogP contribution < -0.4 is 15.4 Å². The zero-order chi connectivity index (χ0) is 11.8. The summed E-state index contributed by atoms with van der Waals surface area (Å²) in [4.78, 5) is 3.98. The van der Waals surface area contributed by atoms with Crippen LogP contribution in [0.2, 0.25) is 5.02 Å². The monoisotopic (exact) mass is 369 g/mol. The standard InChI is InChI=1S/C11H16ClN3O.HI/c1-13-11(14-2)15-7-8-16-10-6-4-3-5-9(10)12;/h3-6H,7-8H2,1-2H3,(H2,13,14,15);1H. The van der Waals surface area contributed by atoms with E-state index in [-0.39, 0.29) is 24.0 Å². The van der Waals surface area contributed by atoms with Gasteiger partial charge in [0.2, 0.25) is 0 Å². The third-order valence-electron chi connectivity index (χ3n) is 1.95. The predicted molar refractivity (Wildman–Crippen MR) is 82.8 cm³/mol. The van der Waals surface area contributed by atoms with Crippen molar-refractivity contribution in [3.8, 4) is 5.75 Å². The fourth-order valence-corrected chi connectivity index (χ4v) is 1.36. The van der Waals surface area contributed by atoms with Gasteiger partial charge in [-0.1, -0.05) is 23.7 Å². The van der Waals surface area contributed by atoms with Gasteiger partial charge < -0.3 is 15.4 Å². The number of halogens is 2. The number of hydrogen-bond acceptors (Lipinski definition) is 2. The molecule has 4 nitrogen and oxygen atoms in total. The van der Waals surface area contributed by atoms with Gasteiger partial charge in [0.25, 0.3) is 0 Å². The molecule has 0 aliphatic heterocycles. The Morgan fingerprint density at radius 1 is 1.41 bits per heavy atom. The molecule has 0 fully saturated rings. The minimum Gasteiger partial charge on any atom is -0.490 e. The van der Waals surface area contributed by atoms with Crippen molar-refractivity contribution in [3.63, 3.8) is 0 Å². The lowest BCUT2D eigenvalue weighted by molar-refractivity contribution is 0.322. The van der Waals surface area contributed by atoms with Crippen molar-refractivity contribution in [2.75, 3.05) is 27.2 Å². The fraction of sp³-hybridized carbons (Fsp3) is 0.364. The number of nitrogens with zero attached hydrogens (tertiary/aromatic N) is 1. The highest BCUT2D eigenvalue weighted by molar-refractivity contribution is 14.0. The van der Waals surface area contributed by atoms with Gasteiger partial charge in [-0.25, -0.2) is 0 Å². The molecule has 0 radical (unpaired) electrons. The van der Waals surface area contributed by atoms with Crippen LogP contribution in [-0.4, -0.2) is 33.2 Å². The summed E-state index contributed by atoms with van der Waals surface area (Å²) in [6, 6.07) is 7.41. The number of aliphatic imine (C=N–C) groups is 1. The van der Waals surface area contributed by atoms with Crippen LogP contribution in [0.15, 0.2) is 29.3 Å². The summed E-state index contributed by atoms with van der Waals surface area (Å²) in [5, 5.41) is 6.62. The van der Waals surface area contributed by atoms with E-state index in [4.69, 9.17) is 16.3 Å². The number of rotatable bonds is 4. The number of benzene rings is 1. The lowest BCUT2D eigenvalue weighted by Gasteiger charge is -2.10. The van der Waals surface area contributed by atoms with Gasteiger partial charge >= 0.3 is 0 Å². The van der Waals surface area contributed by atoms with Crippen LogP contribution >= 0.6 is 35.6 Å². The van der Waals surface area contributed by atoms with Gasteiger partial charge in [-0.15, -0.1) is 24.0 Å². The van der Waals surface area contributed by atoms with E-state index in [1.165, 1.54) is 0 Å². The summed E-state index contributed by atoms with van der Waals surface area (Å²) in [7, 11) is 3.53. The zero-order valence-corrected chi connectivity index (χ0v) is 13.0. The molecular weight excluding hydrogens is 352 g/mol. The summed E-state index contributed by atoms with van der Waals surface area (Å²) >= 11 is 5.94. The summed E-state index contributed by atoms with van der Waals surface area (Å²) in [6.45, 7) is 1.20. The van der Waals surface area contributed by atoms with E-state index < -0.39 is 0 Å². The van der Waals surface area contributed by atoms with Crippen LogP contribution in [0.25, 0.3) is 0 Å². The van der Waals surface area contributed by atoms with Gasteiger partial charge in [-0.2, -0.15) is 0 Å². The van der Waals surface area contributed by atoms with Crippen molar-refractivity contribution in [2.45, 2.75) is 0 Å². The van der Waals surface area contributed by atoms with E-state index in [2.05, 4.69) is 15.6 Å². The van der Waals surface area contributed by atoms with Crippen molar-refractivity contribution in [2.24, 2.45) is 4.99 Å². The Morgan fingerprint density at radius 3 is 2.71 bits per heavy atom. The summed E-state index contributed by atoms with van der Waals surface area (Å²) in [6.07, 6.45) is 0. The summed E-state index contributed by atoms with van der Waals surface area (Å²) < 4.78 is 5.50. The third kappa shape index (κ3) is 5.97. The molecule has 0 aromatic heterocycles. The maximum Gasteiger partial charge on any atom is 0.190 e. The van der Waals surface area contributed by atoms with Gasteiger partial charge in [0.15, 0.2) is 5.96 Å². The van der Waals surface area contributed by atoms with Gasteiger partial charge in [-0.3, -0.25) is 4.99 Å². The summed E-state index contributed by atoms with van der Waals surface area (Å²) in [5.41, 5.74) is 0. The second-order valence-electron chi connectivity index (χ2n) is 3.03.